The highest BCUT2D eigenvalue weighted by Crippen LogP contribution is 2.15. The fourth-order valence-corrected chi connectivity index (χ4v) is 0.173. The van der Waals surface area contributed by atoms with Gasteiger partial charge in [0.25, 0.3) is 0 Å². The number of alkyl halides is 3. The predicted molar refractivity (Wildman–Crippen MR) is 25.6 cm³/mol. The third kappa shape index (κ3) is 3.61. The van der Waals surface area contributed by atoms with Crippen LogP contribution in [0.3, 0.4) is 0 Å². The summed E-state index contributed by atoms with van der Waals surface area (Å²) in [5, 5.41) is 7.72. The van der Waals surface area contributed by atoms with Crippen LogP contribution in [0.1, 0.15) is 0 Å². The van der Waals surface area contributed by atoms with Crippen molar-refractivity contribution in [1.29, 1.82) is 0 Å². The Bertz CT molecular complexity index is 190. The van der Waals surface area contributed by atoms with Gasteiger partial charge in [-0.15, -0.1) is 0 Å². The molecule has 6 nitrogen and oxygen atoms in total. The molecule has 0 bridgehead atoms. The summed E-state index contributed by atoms with van der Waals surface area (Å²) in [5.74, 6) is -2.59. The van der Waals surface area contributed by atoms with E-state index < -0.39 is 18.2 Å². The second kappa shape index (κ2) is 3.76. The Kier molecular flexibility index (Phi) is 3.29. The molecule has 0 radical (unpaired) electrons. The molecule has 0 heterocycles. The molecule has 0 unspecified atom stereocenters. The van der Waals surface area contributed by atoms with Gasteiger partial charge in [0.1, 0.15) is 0 Å². The maximum atomic E-state index is 11.3. The number of carbonyl (C=O) groups excluding carboxylic acids is 2. The Morgan fingerprint density at radius 2 is 1.83 bits per heavy atom. The first-order valence-corrected chi connectivity index (χ1v) is 2.36. The molecule has 0 aliphatic rings. The zero-order chi connectivity index (χ0) is 9.78. The molecule has 12 heavy (non-hydrogen) atoms. The van der Waals surface area contributed by atoms with E-state index in [0.717, 1.165) is 11.0 Å². The molecule has 3 N–H and O–H groups in total. The van der Waals surface area contributed by atoms with Crippen molar-refractivity contribution in [2.24, 2.45) is 0 Å². The molecule has 0 saturated heterocycles. The van der Waals surface area contributed by atoms with Crippen molar-refractivity contribution in [2.45, 2.75) is 6.18 Å². The maximum Gasteiger partial charge on any atom is 0.493 e. The van der Waals surface area contributed by atoms with Crippen molar-refractivity contribution in [3.63, 3.8) is 0 Å². The summed E-state index contributed by atoms with van der Waals surface area (Å²) < 4.78 is 33.9. The fourth-order valence-electron chi connectivity index (χ4n) is 0.173. The molecule has 0 rings (SSSR count). The Labute approximate surface area is 63.2 Å². The molecule has 0 fully saturated rings. The number of carbonyl (C=O) groups is 2. The van der Waals surface area contributed by atoms with Crippen LogP contribution in [0.2, 0.25) is 0 Å². The molecule has 0 aliphatic heterocycles. The molecule has 9 heteroatoms. The average Bonchev–Trinajstić information content (AvgIpc) is 1.97. The van der Waals surface area contributed by atoms with E-state index in [9.17, 15) is 22.8 Å². The molecule has 0 aromatic rings. The molecule has 0 aromatic heterocycles. The Balaban J connectivity index is 3.81. The Morgan fingerprint density at radius 1 is 1.33 bits per heavy atom. The summed E-state index contributed by atoms with van der Waals surface area (Å²) in [6.45, 7) is 0. The lowest BCUT2D eigenvalue weighted by Crippen LogP contribution is -2.39. The predicted octanol–water partition coefficient (Wildman–Crippen LogP) is -0.305. The number of hydroxylamine groups is 2. The summed E-state index contributed by atoms with van der Waals surface area (Å²) in [6.07, 6.45) is -5.19. The van der Waals surface area contributed by atoms with E-state index in [1.165, 1.54) is 0 Å². The Morgan fingerprint density at radius 3 is 2.17 bits per heavy atom. The first-order valence-electron chi connectivity index (χ1n) is 2.36. The number of halogens is 3. The van der Waals surface area contributed by atoms with Crippen molar-refractivity contribution in [1.82, 2.24) is 11.0 Å². The van der Waals surface area contributed by atoms with Crippen LogP contribution in [0.5, 0.6) is 0 Å². The minimum atomic E-state index is -5.19. The van der Waals surface area contributed by atoms with Crippen LogP contribution in [0.25, 0.3) is 0 Å². The molecule has 0 atom stereocenters. The van der Waals surface area contributed by atoms with Crippen LogP contribution >= 0.6 is 0 Å². The third-order valence-corrected chi connectivity index (χ3v) is 0.569. The van der Waals surface area contributed by atoms with Gasteiger partial charge < -0.3 is 4.84 Å². The minimum absolute atomic E-state index is 0.877. The van der Waals surface area contributed by atoms with E-state index in [2.05, 4.69) is 4.84 Å². The van der Waals surface area contributed by atoms with Gasteiger partial charge in [-0.2, -0.15) is 18.7 Å². The van der Waals surface area contributed by atoms with Gasteiger partial charge in [-0.25, -0.2) is 15.1 Å². The number of urea groups is 1. The lowest BCUT2D eigenvalue weighted by molar-refractivity contribution is -0.204. The van der Waals surface area contributed by atoms with Crippen LogP contribution in [-0.4, -0.2) is 23.4 Å². The Hall–Kier alpha value is -1.51. The standard InChI is InChI=1S/C3H3F3N2O4/c4-3(5,6)1(9)12-8-2(10)7-11/h11H,(H2,7,8,10). The highest BCUT2D eigenvalue weighted by molar-refractivity contribution is 5.78. The minimum Gasteiger partial charge on any atom is -0.331 e. The number of rotatable bonds is 0. The van der Waals surface area contributed by atoms with Gasteiger partial charge >= 0.3 is 18.2 Å². The van der Waals surface area contributed by atoms with Gasteiger partial charge in [-0.3, -0.25) is 5.21 Å². The lowest BCUT2D eigenvalue weighted by Gasteiger charge is -2.05. The first kappa shape index (κ1) is 10.5. The topological polar surface area (TPSA) is 87.7 Å². The van der Waals surface area contributed by atoms with E-state index in [4.69, 9.17) is 5.21 Å². The molecule has 2 amide bonds. The van der Waals surface area contributed by atoms with E-state index in [0.29, 0.717) is 0 Å². The summed E-state index contributed by atoms with van der Waals surface area (Å²) >= 11 is 0. The van der Waals surface area contributed by atoms with Crippen LogP contribution in [0, 0.1) is 0 Å². The second-order valence-electron chi connectivity index (χ2n) is 1.43. The zero-order valence-electron chi connectivity index (χ0n) is 5.31. The summed E-state index contributed by atoms with van der Waals surface area (Å²) in [4.78, 5) is 22.9. The van der Waals surface area contributed by atoms with Gasteiger partial charge in [-0.05, 0) is 0 Å². The lowest BCUT2D eigenvalue weighted by atomic mass is 10.7. The molecule has 0 aromatic carbocycles. The van der Waals surface area contributed by atoms with Gasteiger partial charge in [0.05, 0.1) is 0 Å². The van der Waals surface area contributed by atoms with Crippen LogP contribution < -0.4 is 11.0 Å². The van der Waals surface area contributed by atoms with Crippen LogP contribution in [0.4, 0.5) is 18.0 Å². The van der Waals surface area contributed by atoms with E-state index in [-0.39, 0.29) is 0 Å². The third-order valence-electron chi connectivity index (χ3n) is 0.569. The molecule has 0 saturated carbocycles. The van der Waals surface area contributed by atoms with E-state index >= 15 is 0 Å². The van der Waals surface area contributed by atoms with Crippen molar-refractivity contribution >= 4 is 12.0 Å². The quantitative estimate of drug-likeness (QED) is 0.359. The van der Waals surface area contributed by atoms with Crippen molar-refractivity contribution in [2.75, 3.05) is 0 Å². The number of amides is 2. The van der Waals surface area contributed by atoms with Crippen molar-refractivity contribution in [3.8, 4) is 0 Å². The average molecular weight is 188 g/mol. The van der Waals surface area contributed by atoms with E-state index in [1.54, 1.807) is 0 Å². The monoisotopic (exact) mass is 188 g/mol. The van der Waals surface area contributed by atoms with Crippen molar-refractivity contribution < 1.29 is 32.8 Å². The SMILES string of the molecule is O=C(NO)NOC(=O)C(F)(F)F. The van der Waals surface area contributed by atoms with E-state index in [1.807, 2.05) is 0 Å². The summed E-state index contributed by atoms with van der Waals surface area (Å²) in [5.41, 5.74) is 1.85. The molecular formula is C3H3F3N2O4. The number of nitrogens with one attached hydrogen (secondary N) is 2. The number of hydrogen-bond acceptors (Lipinski definition) is 4. The normalized spacial score (nSPS) is 10.3. The molecule has 70 valence electrons. The first-order chi connectivity index (χ1) is 5.38. The second-order valence-corrected chi connectivity index (χ2v) is 1.43. The smallest absolute Gasteiger partial charge is 0.331 e. The van der Waals surface area contributed by atoms with Gasteiger partial charge in [0.2, 0.25) is 0 Å². The largest absolute Gasteiger partial charge is 0.493 e. The molecular weight excluding hydrogens is 185 g/mol. The number of hydrogen-bond donors (Lipinski definition) is 3. The van der Waals surface area contributed by atoms with Gasteiger partial charge in [0, 0.05) is 0 Å². The fraction of sp³-hybridized carbons (Fsp3) is 0.333. The summed E-state index contributed by atoms with van der Waals surface area (Å²) in [6, 6.07) is -1.49. The summed E-state index contributed by atoms with van der Waals surface area (Å²) in [7, 11) is 0. The maximum absolute atomic E-state index is 11.3. The highest BCUT2D eigenvalue weighted by Gasteiger charge is 2.41. The highest BCUT2D eigenvalue weighted by atomic mass is 19.4. The van der Waals surface area contributed by atoms with Crippen molar-refractivity contribution in [3.05, 3.63) is 0 Å². The van der Waals surface area contributed by atoms with Gasteiger partial charge in [-0.1, -0.05) is 0 Å². The zero-order valence-corrected chi connectivity index (χ0v) is 5.31. The molecule has 0 aliphatic carbocycles. The van der Waals surface area contributed by atoms with Gasteiger partial charge in [0.15, 0.2) is 0 Å². The molecule has 0 spiro atoms. The van der Waals surface area contributed by atoms with Crippen LogP contribution in [-0.2, 0) is 9.63 Å². The van der Waals surface area contributed by atoms with Crippen LogP contribution in [0.15, 0.2) is 0 Å².